The molecule has 0 saturated heterocycles. The van der Waals surface area contributed by atoms with Crippen LogP contribution < -0.4 is 11.1 Å². The second-order valence-electron chi connectivity index (χ2n) is 2.86. The molecule has 0 aliphatic carbocycles. The first kappa shape index (κ1) is 10.6. The first-order chi connectivity index (χ1) is 6.59. The minimum atomic E-state index is -0.115. The lowest BCUT2D eigenvalue weighted by Crippen LogP contribution is -2.30. The third-order valence-electron chi connectivity index (χ3n) is 1.75. The van der Waals surface area contributed by atoms with Crippen LogP contribution in [0.1, 0.15) is 5.56 Å². The van der Waals surface area contributed by atoms with E-state index in [9.17, 15) is 5.11 Å². The Bertz CT molecular complexity index is 342. The molecule has 1 aromatic rings. The van der Waals surface area contributed by atoms with Crippen molar-refractivity contribution in [1.29, 1.82) is 0 Å². The molecular formula is C9H12N2O2S. The molecule has 0 heterocycles. The van der Waals surface area contributed by atoms with Crippen LogP contribution in [0.4, 0.5) is 0 Å². The summed E-state index contributed by atoms with van der Waals surface area (Å²) in [6.45, 7) is 0.611. The van der Waals surface area contributed by atoms with Crippen LogP contribution in [0.3, 0.4) is 0 Å². The average molecular weight is 212 g/mol. The molecule has 0 bridgehead atoms. The SMILES string of the molecule is NC(=S)NCCc1ccc(O)c(O)c1. The van der Waals surface area contributed by atoms with Crippen LogP contribution in [0.2, 0.25) is 0 Å². The Morgan fingerprint density at radius 2 is 2.07 bits per heavy atom. The quantitative estimate of drug-likeness (QED) is 0.433. The van der Waals surface area contributed by atoms with Crippen molar-refractivity contribution in [2.24, 2.45) is 5.73 Å². The largest absolute Gasteiger partial charge is 0.504 e. The second kappa shape index (κ2) is 4.66. The third kappa shape index (κ3) is 3.10. The number of phenols is 2. The van der Waals surface area contributed by atoms with Crippen molar-refractivity contribution >= 4 is 17.3 Å². The third-order valence-corrected chi connectivity index (χ3v) is 1.90. The first-order valence-electron chi connectivity index (χ1n) is 4.14. The molecule has 0 atom stereocenters. The summed E-state index contributed by atoms with van der Waals surface area (Å²) in [5.41, 5.74) is 6.15. The number of rotatable bonds is 3. The Labute approximate surface area is 87.4 Å². The first-order valence-corrected chi connectivity index (χ1v) is 4.54. The molecule has 0 aromatic heterocycles. The van der Waals surface area contributed by atoms with Gasteiger partial charge in [-0.05, 0) is 36.3 Å². The van der Waals surface area contributed by atoms with E-state index in [0.717, 1.165) is 5.56 Å². The van der Waals surface area contributed by atoms with Gasteiger partial charge in [-0.2, -0.15) is 0 Å². The summed E-state index contributed by atoms with van der Waals surface area (Å²) in [4.78, 5) is 0. The van der Waals surface area contributed by atoms with Gasteiger partial charge in [0.05, 0.1) is 0 Å². The van der Waals surface area contributed by atoms with E-state index in [1.165, 1.54) is 12.1 Å². The van der Waals surface area contributed by atoms with Gasteiger partial charge in [0, 0.05) is 6.54 Å². The average Bonchev–Trinajstić information content (AvgIpc) is 2.10. The van der Waals surface area contributed by atoms with Crippen LogP contribution in [0.15, 0.2) is 18.2 Å². The van der Waals surface area contributed by atoms with E-state index < -0.39 is 0 Å². The van der Waals surface area contributed by atoms with E-state index >= 15 is 0 Å². The predicted molar refractivity (Wildman–Crippen MR) is 58.3 cm³/mol. The van der Waals surface area contributed by atoms with E-state index in [2.05, 4.69) is 17.5 Å². The molecule has 0 fully saturated rings. The van der Waals surface area contributed by atoms with Gasteiger partial charge in [-0.15, -0.1) is 0 Å². The Balaban J connectivity index is 2.51. The van der Waals surface area contributed by atoms with Crippen molar-refractivity contribution < 1.29 is 10.2 Å². The molecule has 0 amide bonds. The van der Waals surface area contributed by atoms with Crippen molar-refractivity contribution in [2.75, 3.05) is 6.54 Å². The van der Waals surface area contributed by atoms with Gasteiger partial charge in [0.15, 0.2) is 16.6 Å². The number of nitrogens with one attached hydrogen (secondary N) is 1. The fourth-order valence-electron chi connectivity index (χ4n) is 1.05. The zero-order valence-corrected chi connectivity index (χ0v) is 8.34. The second-order valence-corrected chi connectivity index (χ2v) is 3.30. The zero-order valence-electron chi connectivity index (χ0n) is 7.53. The minimum absolute atomic E-state index is 0.113. The Morgan fingerprint density at radius 1 is 1.36 bits per heavy atom. The maximum atomic E-state index is 9.19. The molecule has 0 saturated carbocycles. The smallest absolute Gasteiger partial charge is 0.163 e. The van der Waals surface area contributed by atoms with Gasteiger partial charge in [-0.25, -0.2) is 0 Å². The van der Waals surface area contributed by atoms with Crippen LogP contribution in [0.5, 0.6) is 11.5 Å². The molecule has 0 unspecified atom stereocenters. The molecular weight excluding hydrogens is 200 g/mol. The van der Waals surface area contributed by atoms with E-state index in [4.69, 9.17) is 10.8 Å². The molecule has 4 nitrogen and oxygen atoms in total. The number of aromatic hydroxyl groups is 2. The fraction of sp³-hybridized carbons (Fsp3) is 0.222. The van der Waals surface area contributed by atoms with E-state index in [-0.39, 0.29) is 16.6 Å². The standard InChI is InChI=1S/C9H12N2O2S/c10-9(14)11-4-3-6-1-2-7(12)8(13)5-6/h1-2,5,12-13H,3-4H2,(H3,10,11,14). The topological polar surface area (TPSA) is 78.5 Å². The highest BCUT2D eigenvalue weighted by molar-refractivity contribution is 7.80. The van der Waals surface area contributed by atoms with Crippen LogP contribution in [0.25, 0.3) is 0 Å². The summed E-state index contributed by atoms with van der Waals surface area (Å²) in [6.07, 6.45) is 0.686. The number of phenolic OH excluding ortho intramolecular Hbond substituents is 2. The van der Waals surface area contributed by atoms with E-state index in [0.29, 0.717) is 13.0 Å². The maximum Gasteiger partial charge on any atom is 0.163 e. The van der Waals surface area contributed by atoms with Crippen LogP contribution in [0, 0.1) is 0 Å². The Hall–Kier alpha value is -1.49. The Kier molecular flexibility index (Phi) is 3.53. The van der Waals surface area contributed by atoms with Crippen molar-refractivity contribution in [3.8, 4) is 11.5 Å². The number of hydrogen-bond donors (Lipinski definition) is 4. The molecule has 14 heavy (non-hydrogen) atoms. The molecule has 5 heteroatoms. The fourth-order valence-corrected chi connectivity index (χ4v) is 1.16. The summed E-state index contributed by atoms with van der Waals surface area (Å²) in [6, 6.07) is 4.69. The molecule has 0 aliphatic rings. The van der Waals surface area contributed by atoms with Crippen molar-refractivity contribution in [3.63, 3.8) is 0 Å². The van der Waals surface area contributed by atoms with Crippen LogP contribution in [-0.2, 0) is 6.42 Å². The van der Waals surface area contributed by atoms with Crippen molar-refractivity contribution in [3.05, 3.63) is 23.8 Å². The van der Waals surface area contributed by atoms with Gasteiger partial charge < -0.3 is 21.3 Å². The minimum Gasteiger partial charge on any atom is -0.504 e. The number of nitrogens with two attached hydrogens (primary N) is 1. The maximum absolute atomic E-state index is 9.19. The van der Waals surface area contributed by atoms with E-state index in [1.54, 1.807) is 6.07 Å². The molecule has 0 radical (unpaired) electrons. The number of benzene rings is 1. The summed E-state index contributed by atoms with van der Waals surface area (Å²) in [5.74, 6) is -0.228. The van der Waals surface area contributed by atoms with Crippen LogP contribution in [-0.4, -0.2) is 21.9 Å². The lowest BCUT2D eigenvalue weighted by Gasteiger charge is -2.04. The summed E-state index contributed by atoms with van der Waals surface area (Å²) in [5, 5.41) is 21.3. The van der Waals surface area contributed by atoms with Gasteiger partial charge in [0.1, 0.15) is 0 Å². The summed E-state index contributed by atoms with van der Waals surface area (Å²) in [7, 11) is 0. The van der Waals surface area contributed by atoms with Crippen molar-refractivity contribution in [2.45, 2.75) is 6.42 Å². The number of thiocarbonyl (C=S) groups is 1. The van der Waals surface area contributed by atoms with Gasteiger partial charge >= 0.3 is 0 Å². The van der Waals surface area contributed by atoms with E-state index in [1.807, 2.05) is 0 Å². The monoisotopic (exact) mass is 212 g/mol. The van der Waals surface area contributed by atoms with Gasteiger partial charge in [0.2, 0.25) is 0 Å². The highest BCUT2D eigenvalue weighted by Crippen LogP contribution is 2.24. The lowest BCUT2D eigenvalue weighted by atomic mass is 10.1. The molecule has 0 spiro atoms. The highest BCUT2D eigenvalue weighted by Gasteiger charge is 2.00. The van der Waals surface area contributed by atoms with Gasteiger partial charge in [-0.3, -0.25) is 0 Å². The highest BCUT2D eigenvalue weighted by atomic mass is 32.1. The molecule has 5 N–H and O–H groups in total. The van der Waals surface area contributed by atoms with Gasteiger partial charge in [0.25, 0.3) is 0 Å². The number of hydrogen-bond acceptors (Lipinski definition) is 3. The van der Waals surface area contributed by atoms with Gasteiger partial charge in [-0.1, -0.05) is 6.07 Å². The molecule has 0 aliphatic heterocycles. The Morgan fingerprint density at radius 3 is 2.64 bits per heavy atom. The van der Waals surface area contributed by atoms with Crippen molar-refractivity contribution in [1.82, 2.24) is 5.32 Å². The zero-order chi connectivity index (χ0) is 10.6. The molecule has 1 aromatic carbocycles. The van der Waals surface area contributed by atoms with Crippen LogP contribution >= 0.6 is 12.2 Å². The normalized spacial score (nSPS) is 9.71. The molecule has 1 rings (SSSR count). The summed E-state index contributed by atoms with van der Waals surface area (Å²) >= 11 is 4.63. The molecule has 76 valence electrons. The predicted octanol–water partition coefficient (Wildman–Crippen LogP) is 0.473. The lowest BCUT2D eigenvalue weighted by molar-refractivity contribution is 0.403. The summed E-state index contributed by atoms with van der Waals surface area (Å²) < 4.78 is 0.